The number of alkyl carbamates (subject to hydrolysis) is 1. The molecule has 0 radical (unpaired) electrons. The molecule has 0 spiro atoms. The van der Waals surface area contributed by atoms with Gasteiger partial charge in [-0.2, -0.15) is 0 Å². The van der Waals surface area contributed by atoms with Crippen LogP contribution < -0.4 is 5.32 Å². The van der Waals surface area contributed by atoms with E-state index in [1.807, 2.05) is 0 Å². The molecule has 0 aromatic heterocycles. The van der Waals surface area contributed by atoms with Gasteiger partial charge in [0.25, 0.3) is 0 Å². The van der Waals surface area contributed by atoms with Crippen molar-refractivity contribution in [1.29, 1.82) is 0 Å². The van der Waals surface area contributed by atoms with Crippen LogP contribution in [0.25, 0.3) is 0 Å². The second kappa shape index (κ2) is 3.51. The van der Waals surface area contributed by atoms with Crippen molar-refractivity contribution in [3.63, 3.8) is 0 Å². The fraction of sp³-hybridized carbons (Fsp3) is 0.875. The standard InChI is InChI=1S/C8H13NO4/c1-9-8(10)13-6-4-12-7-5(6)2-3-11-7/h5-7H,2-4H2,1H3,(H,9,10). The van der Waals surface area contributed by atoms with Crippen molar-refractivity contribution in [2.75, 3.05) is 20.3 Å². The molecule has 0 aromatic carbocycles. The monoisotopic (exact) mass is 187 g/mol. The number of rotatable bonds is 1. The molecule has 2 saturated heterocycles. The number of hydrogen-bond donors (Lipinski definition) is 1. The third kappa shape index (κ3) is 1.62. The Labute approximate surface area is 76.3 Å². The topological polar surface area (TPSA) is 56.8 Å². The van der Waals surface area contributed by atoms with Crippen LogP contribution in [-0.4, -0.2) is 38.7 Å². The lowest BCUT2D eigenvalue weighted by Gasteiger charge is -2.14. The minimum absolute atomic E-state index is 0.146. The molecule has 74 valence electrons. The van der Waals surface area contributed by atoms with Crippen molar-refractivity contribution in [2.45, 2.75) is 18.8 Å². The van der Waals surface area contributed by atoms with Gasteiger partial charge in [0.2, 0.25) is 0 Å². The molecule has 13 heavy (non-hydrogen) atoms. The third-order valence-electron chi connectivity index (χ3n) is 2.45. The van der Waals surface area contributed by atoms with E-state index in [-0.39, 0.29) is 18.3 Å². The Morgan fingerprint density at radius 2 is 2.38 bits per heavy atom. The van der Waals surface area contributed by atoms with E-state index in [0.29, 0.717) is 13.2 Å². The maximum absolute atomic E-state index is 10.9. The van der Waals surface area contributed by atoms with Crippen LogP contribution in [0.3, 0.4) is 0 Å². The Morgan fingerprint density at radius 1 is 1.54 bits per heavy atom. The van der Waals surface area contributed by atoms with Crippen LogP contribution in [0.4, 0.5) is 4.79 Å². The smallest absolute Gasteiger partial charge is 0.407 e. The van der Waals surface area contributed by atoms with E-state index in [4.69, 9.17) is 14.2 Å². The van der Waals surface area contributed by atoms with Crippen LogP contribution in [0.2, 0.25) is 0 Å². The molecule has 5 heteroatoms. The Morgan fingerprint density at radius 3 is 3.15 bits per heavy atom. The highest BCUT2D eigenvalue weighted by Gasteiger charge is 2.43. The molecule has 1 N–H and O–H groups in total. The predicted octanol–water partition coefficient (Wildman–Crippen LogP) is 0.104. The van der Waals surface area contributed by atoms with Crippen LogP contribution in [0.1, 0.15) is 6.42 Å². The molecular formula is C8H13NO4. The molecular weight excluding hydrogens is 174 g/mol. The van der Waals surface area contributed by atoms with E-state index >= 15 is 0 Å². The summed E-state index contributed by atoms with van der Waals surface area (Å²) in [7, 11) is 1.54. The van der Waals surface area contributed by atoms with Crippen molar-refractivity contribution < 1.29 is 19.0 Å². The fourth-order valence-electron chi connectivity index (χ4n) is 1.74. The quantitative estimate of drug-likeness (QED) is 0.632. The van der Waals surface area contributed by atoms with E-state index in [0.717, 1.165) is 6.42 Å². The lowest BCUT2D eigenvalue weighted by Crippen LogP contribution is -2.30. The lowest BCUT2D eigenvalue weighted by molar-refractivity contribution is -0.0907. The van der Waals surface area contributed by atoms with Gasteiger partial charge < -0.3 is 19.5 Å². The van der Waals surface area contributed by atoms with Gasteiger partial charge in [-0.05, 0) is 6.42 Å². The van der Waals surface area contributed by atoms with Gasteiger partial charge in [-0.15, -0.1) is 0 Å². The van der Waals surface area contributed by atoms with Crippen LogP contribution in [0.15, 0.2) is 0 Å². The molecule has 0 bridgehead atoms. The second-order valence-corrected chi connectivity index (χ2v) is 3.22. The van der Waals surface area contributed by atoms with E-state index < -0.39 is 6.09 Å². The number of amides is 1. The first kappa shape index (κ1) is 8.77. The van der Waals surface area contributed by atoms with Crippen molar-refractivity contribution in [3.05, 3.63) is 0 Å². The third-order valence-corrected chi connectivity index (χ3v) is 2.45. The summed E-state index contributed by atoms with van der Waals surface area (Å²) in [4.78, 5) is 10.9. The van der Waals surface area contributed by atoms with Gasteiger partial charge in [-0.25, -0.2) is 4.79 Å². The van der Waals surface area contributed by atoms with E-state index in [1.54, 1.807) is 7.05 Å². The summed E-state index contributed by atoms with van der Waals surface area (Å²) in [6.07, 6.45) is 0.204. The molecule has 2 fully saturated rings. The SMILES string of the molecule is CNC(=O)OC1COC2OCCC12. The Kier molecular flexibility index (Phi) is 2.37. The zero-order valence-electron chi connectivity index (χ0n) is 7.49. The fourth-order valence-corrected chi connectivity index (χ4v) is 1.74. The van der Waals surface area contributed by atoms with Gasteiger partial charge in [-0.1, -0.05) is 0 Å². The molecule has 2 rings (SSSR count). The predicted molar refractivity (Wildman–Crippen MR) is 43.1 cm³/mol. The van der Waals surface area contributed by atoms with Gasteiger partial charge in [0.05, 0.1) is 19.1 Å². The van der Waals surface area contributed by atoms with Gasteiger partial charge >= 0.3 is 6.09 Å². The summed E-state index contributed by atoms with van der Waals surface area (Å²) in [6.45, 7) is 1.14. The summed E-state index contributed by atoms with van der Waals surface area (Å²) < 4.78 is 15.7. The summed E-state index contributed by atoms with van der Waals surface area (Å²) in [5.41, 5.74) is 0. The van der Waals surface area contributed by atoms with Crippen LogP contribution in [-0.2, 0) is 14.2 Å². The Bertz CT molecular complexity index is 208. The molecule has 5 nitrogen and oxygen atoms in total. The first-order valence-corrected chi connectivity index (χ1v) is 4.43. The number of carbonyl (C=O) groups excluding carboxylic acids is 1. The first-order chi connectivity index (χ1) is 6.31. The molecule has 2 aliphatic heterocycles. The highest BCUT2D eigenvalue weighted by atomic mass is 16.7. The maximum Gasteiger partial charge on any atom is 0.407 e. The van der Waals surface area contributed by atoms with Gasteiger partial charge in [0, 0.05) is 7.05 Å². The Hall–Kier alpha value is -0.810. The molecule has 2 heterocycles. The normalized spacial score (nSPS) is 37.2. The number of ether oxygens (including phenoxy) is 3. The van der Waals surface area contributed by atoms with Crippen molar-refractivity contribution >= 4 is 6.09 Å². The largest absolute Gasteiger partial charge is 0.443 e. The average Bonchev–Trinajstić information content (AvgIpc) is 2.69. The second-order valence-electron chi connectivity index (χ2n) is 3.22. The molecule has 1 amide bonds. The summed E-state index contributed by atoms with van der Waals surface area (Å²) in [6, 6.07) is 0. The van der Waals surface area contributed by atoms with Crippen LogP contribution in [0, 0.1) is 5.92 Å². The summed E-state index contributed by atoms with van der Waals surface area (Å²) in [5.74, 6) is 0.220. The van der Waals surface area contributed by atoms with Crippen molar-refractivity contribution in [2.24, 2.45) is 5.92 Å². The van der Waals surface area contributed by atoms with E-state index in [2.05, 4.69) is 5.32 Å². The minimum Gasteiger partial charge on any atom is -0.443 e. The summed E-state index contributed by atoms with van der Waals surface area (Å²) >= 11 is 0. The molecule has 3 atom stereocenters. The molecule has 2 aliphatic rings. The van der Waals surface area contributed by atoms with Crippen molar-refractivity contribution in [3.8, 4) is 0 Å². The van der Waals surface area contributed by atoms with Crippen LogP contribution >= 0.6 is 0 Å². The van der Waals surface area contributed by atoms with E-state index in [9.17, 15) is 4.79 Å². The molecule has 0 aromatic rings. The highest BCUT2D eigenvalue weighted by molar-refractivity contribution is 5.66. The number of carbonyl (C=O) groups is 1. The Balaban J connectivity index is 1.90. The van der Waals surface area contributed by atoms with Gasteiger partial charge in [0.1, 0.15) is 6.10 Å². The van der Waals surface area contributed by atoms with Gasteiger partial charge in [-0.3, -0.25) is 0 Å². The summed E-state index contributed by atoms with van der Waals surface area (Å²) in [5, 5.41) is 2.41. The highest BCUT2D eigenvalue weighted by Crippen LogP contribution is 2.32. The van der Waals surface area contributed by atoms with Crippen molar-refractivity contribution in [1.82, 2.24) is 5.32 Å². The number of fused-ring (bicyclic) bond motifs is 1. The minimum atomic E-state index is -0.402. The lowest BCUT2D eigenvalue weighted by atomic mass is 10.0. The van der Waals surface area contributed by atoms with Crippen LogP contribution in [0.5, 0.6) is 0 Å². The number of nitrogens with one attached hydrogen (secondary N) is 1. The molecule has 0 aliphatic carbocycles. The maximum atomic E-state index is 10.9. The average molecular weight is 187 g/mol. The van der Waals surface area contributed by atoms with E-state index in [1.165, 1.54) is 0 Å². The number of hydrogen-bond acceptors (Lipinski definition) is 4. The zero-order valence-corrected chi connectivity index (χ0v) is 7.49. The first-order valence-electron chi connectivity index (χ1n) is 4.43. The van der Waals surface area contributed by atoms with Gasteiger partial charge in [0.15, 0.2) is 6.29 Å². The molecule has 3 unspecified atom stereocenters. The molecule has 0 saturated carbocycles. The zero-order chi connectivity index (χ0) is 9.26.